The van der Waals surface area contributed by atoms with Crippen LogP contribution in [0.3, 0.4) is 0 Å². The molecule has 2 heterocycles. The van der Waals surface area contributed by atoms with Crippen molar-refractivity contribution >= 4 is 39.9 Å². The molecule has 1 aromatic heterocycles. The molecule has 3 aromatic rings. The number of aryl methyl sites for hydroxylation is 1. The highest BCUT2D eigenvalue weighted by molar-refractivity contribution is 7.17. The molecule has 9 heteroatoms. The predicted octanol–water partition coefficient (Wildman–Crippen LogP) is 5.73. The molecule has 202 valence electrons. The molecule has 1 fully saturated rings. The fourth-order valence-corrected chi connectivity index (χ4v) is 5.30. The molecule has 8 nitrogen and oxygen atoms in total. The van der Waals surface area contributed by atoms with Gasteiger partial charge in [0.25, 0.3) is 5.78 Å². The molecule has 2 aromatic carbocycles. The third kappa shape index (κ3) is 5.35. The Labute approximate surface area is 231 Å². The number of hydrogen-bond acceptors (Lipinski definition) is 8. The molecule has 1 atom stereocenters. The maximum atomic E-state index is 13.5. The van der Waals surface area contributed by atoms with E-state index in [2.05, 4.69) is 32.3 Å². The largest absolute Gasteiger partial charge is 0.507 e. The van der Waals surface area contributed by atoms with Crippen LogP contribution in [0.5, 0.6) is 5.75 Å². The summed E-state index contributed by atoms with van der Waals surface area (Å²) >= 11 is 0.951. The lowest BCUT2D eigenvalue weighted by molar-refractivity contribution is -0.132. The standard InChI is InChI=1S/C30H30N2O6S/c1-7-15-38-28(36)26-17(2)31-29(39-26)32-23(18-11-13-20(14-12-18)30(3,4)5)22(25(34)27(32)35)24(33)19-9-8-10-21(16-19)37-6/h7-14,16,23,33H,1,15H2,2-6H3. The number of rotatable bonds is 7. The van der Waals surface area contributed by atoms with Gasteiger partial charge in [-0.05, 0) is 35.6 Å². The van der Waals surface area contributed by atoms with E-state index in [0.29, 0.717) is 22.6 Å². The average Bonchev–Trinajstić information content (AvgIpc) is 3.42. The maximum Gasteiger partial charge on any atom is 0.350 e. The number of amides is 1. The van der Waals surface area contributed by atoms with Crippen molar-refractivity contribution < 1.29 is 29.0 Å². The average molecular weight is 547 g/mol. The second-order valence-corrected chi connectivity index (χ2v) is 11.0. The molecule has 1 amide bonds. The molecule has 0 spiro atoms. The fraction of sp³-hybridized carbons (Fsp3) is 0.267. The number of aliphatic hydroxyl groups excluding tert-OH is 1. The molecular weight excluding hydrogens is 516 g/mol. The van der Waals surface area contributed by atoms with E-state index < -0.39 is 23.7 Å². The summed E-state index contributed by atoms with van der Waals surface area (Å²) in [6, 6.07) is 13.2. The van der Waals surface area contributed by atoms with Crippen molar-refractivity contribution in [3.05, 3.63) is 94.0 Å². The van der Waals surface area contributed by atoms with Crippen LogP contribution in [0.15, 0.2) is 66.8 Å². The van der Waals surface area contributed by atoms with Gasteiger partial charge in [0.1, 0.15) is 23.0 Å². The van der Waals surface area contributed by atoms with Crippen molar-refractivity contribution in [2.75, 3.05) is 18.6 Å². The number of nitrogens with zero attached hydrogens (tertiary/aromatic N) is 2. The lowest BCUT2D eigenvalue weighted by Gasteiger charge is -2.24. The summed E-state index contributed by atoms with van der Waals surface area (Å²) in [5, 5.41) is 11.5. The second-order valence-electron chi connectivity index (χ2n) is 10.1. The second kappa shape index (κ2) is 10.9. The minimum absolute atomic E-state index is 0.0245. The molecule has 1 saturated heterocycles. The quantitative estimate of drug-likeness (QED) is 0.133. The van der Waals surface area contributed by atoms with Gasteiger partial charge >= 0.3 is 11.9 Å². The number of anilines is 1. The molecule has 0 saturated carbocycles. The first kappa shape index (κ1) is 27.8. The van der Waals surface area contributed by atoms with Crippen molar-refractivity contribution in [2.45, 2.75) is 39.2 Å². The number of methoxy groups -OCH3 is 1. The Bertz CT molecular complexity index is 1480. The van der Waals surface area contributed by atoms with Crippen LogP contribution in [0.4, 0.5) is 5.13 Å². The smallest absolute Gasteiger partial charge is 0.350 e. The summed E-state index contributed by atoms with van der Waals surface area (Å²) in [5.41, 5.74) is 2.16. The molecular formula is C30H30N2O6S. The van der Waals surface area contributed by atoms with Crippen LogP contribution in [-0.4, -0.2) is 41.5 Å². The van der Waals surface area contributed by atoms with Crippen LogP contribution >= 0.6 is 11.3 Å². The van der Waals surface area contributed by atoms with Crippen LogP contribution in [-0.2, 0) is 19.7 Å². The molecule has 1 aliphatic heterocycles. The zero-order valence-electron chi connectivity index (χ0n) is 22.5. The third-order valence-corrected chi connectivity index (χ3v) is 7.53. The summed E-state index contributed by atoms with van der Waals surface area (Å²) < 4.78 is 10.4. The van der Waals surface area contributed by atoms with E-state index >= 15 is 0 Å². The van der Waals surface area contributed by atoms with Crippen molar-refractivity contribution in [2.24, 2.45) is 0 Å². The first-order valence-electron chi connectivity index (χ1n) is 12.3. The number of thiazole rings is 1. The number of aliphatic hydroxyl groups is 1. The van der Waals surface area contributed by atoms with Gasteiger partial charge < -0.3 is 14.6 Å². The van der Waals surface area contributed by atoms with Gasteiger partial charge in [0, 0.05) is 5.56 Å². The normalized spacial score (nSPS) is 16.8. The summed E-state index contributed by atoms with van der Waals surface area (Å²) in [4.78, 5) is 45.4. The minimum Gasteiger partial charge on any atom is -0.507 e. The molecule has 1 unspecified atom stereocenters. The first-order valence-corrected chi connectivity index (χ1v) is 13.1. The summed E-state index contributed by atoms with van der Waals surface area (Å²) in [7, 11) is 1.50. The van der Waals surface area contributed by atoms with Gasteiger partial charge in [0.15, 0.2) is 5.13 Å². The highest BCUT2D eigenvalue weighted by atomic mass is 32.1. The van der Waals surface area contributed by atoms with E-state index in [1.165, 1.54) is 18.1 Å². The Kier molecular flexibility index (Phi) is 7.74. The molecule has 0 bridgehead atoms. The molecule has 39 heavy (non-hydrogen) atoms. The van der Waals surface area contributed by atoms with Crippen molar-refractivity contribution in [1.82, 2.24) is 4.98 Å². The van der Waals surface area contributed by atoms with E-state index in [9.17, 15) is 19.5 Å². The van der Waals surface area contributed by atoms with Gasteiger partial charge in [-0.25, -0.2) is 9.78 Å². The maximum absolute atomic E-state index is 13.5. The third-order valence-electron chi connectivity index (χ3n) is 6.39. The Balaban J connectivity index is 1.90. The van der Waals surface area contributed by atoms with Gasteiger partial charge in [-0.3, -0.25) is 14.5 Å². The van der Waals surface area contributed by atoms with Crippen molar-refractivity contribution in [1.29, 1.82) is 0 Å². The number of hydrogen-bond donors (Lipinski definition) is 1. The first-order chi connectivity index (χ1) is 18.5. The van der Waals surface area contributed by atoms with E-state index in [-0.39, 0.29) is 33.4 Å². The monoisotopic (exact) mass is 546 g/mol. The SMILES string of the molecule is C=CCOC(=O)c1sc(N2C(=O)C(=O)C(=C(O)c3cccc(OC)c3)C2c2ccc(C(C)(C)C)cc2)nc1C. The number of ether oxygens (including phenoxy) is 2. The zero-order valence-corrected chi connectivity index (χ0v) is 23.3. The van der Waals surface area contributed by atoms with E-state index in [1.807, 2.05) is 24.3 Å². The summed E-state index contributed by atoms with van der Waals surface area (Å²) in [5.74, 6) is -2.17. The summed E-state index contributed by atoms with van der Waals surface area (Å²) in [6.07, 6.45) is 1.45. The molecule has 0 radical (unpaired) electrons. The van der Waals surface area contributed by atoms with Gasteiger partial charge in [-0.15, -0.1) is 0 Å². The lowest BCUT2D eigenvalue weighted by Crippen LogP contribution is -2.29. The van der Waals surface area contributed by atoms with Crippen LogP contribution in [0.2, 0.25) is 0 Å². The fourth-order valence-electron chi connectivity index (χ4n) is 4.31. The Morgan fingerprint density at radius 1 is 1.18 bits per heavy atom. The van der Waals surface area contributed by atoms with Gasteiger partial charge in [-0.1, -0.05) is 81.2 Å². The number of carbonyl (C=O) groups excluding carboxylic acids is 3. The number of aromatic nitrogens is 1. The molecule has 4 rings (SSSR count). The summed E-state index contributed by atoms with van der Waals surface area (Å²) in [6.45, 7) is 11.5. The topological polar surface area (TPSA) is 106 Å². The van der Waals surface area contributed by atoms with Gasteiger partial charge in [0.05, 0.1) is 24.4 Å². The number of esters is 1. The Morgan fingerprint density at radius 3 is 2.49 bits per heavy atom. The highest BCUT2D eigenvalue weighted by Crippen LogP contribution is 2.44. The predicted molar refractivity (Wildman–Crippen MR) is 150 cm³/mol. The molecule has 1 N–H and O–H groups in total. The minimum atomic E-state index is -0.979. The zero-order chi connectivity index (χ0) is 28.5. The van der Waals surface area contributed by atoms with Crippen molar-refractivity contribution in [3.63, 3.8) is 0 Å². The number of carbonyl (C=O) groups is 3. The Morgan fingerprint density at radius 2 is 1.87 bits per heavy atom. The van der Waals surface area contributed by atoms with Gasteiger partial charge in [0.2, 0.25) is 0 Å². The highest BCUT2D eigenvalue weighted by Gasteiger charge is 2.48. The van der Waals surface area contributed by atoms with Crippen LogP contribution < -0.4 is 9.64 Å². The molecule has 0 aliphatic carbocycles. The number of ketones is 1. The van der Waals surface area contributed by atoms with E-state index in [4.69, 9.17) is 9.47 Å². The lowest BCUT2D eigenvalue weighted by atomic mass is 9.85. The van der Waals surface area contributed by atoms with E-state index in [0.717, 1.165) is 16.9 Å². The van der Waals surface area contributed by atoms with Crippen LogP contribution in [0, 0.1) is 6.92 Å². The van der Waals surface area contributed by atoms with E-state index in [1.54, 1.807) is 31.2 Å². The van der Waals surface area contributed by atoms with Crippen molar-refractivity contribution in [3.8, 4) is 5.75 Å². The van der Waals surface area contributed by atoms with Crippen LogP contribution in [0.25, 0.3) is 5.76 Å². The molecule has 1 aliphatic rings. The van der Waals surface area contributed by atoms with Crippen LogP contribution in [0.1, 0.15) is 58.9 Å². The van der Waals surface area contributed by atoms with Gasteiger partial charge in [-0.2, -0.15) is 0 Å². The number of benzene rings is 2. The number of Topliss-reactive ketones (excluding diaryl/α,β-unsaturated/α-hetero) is 1. The Hall–Kier alpha value is -4.24.